The summed E-state index contributed by atoms with van der Waals surface area (Å²) in [6, 6.07) is 9.03. The molecule has 1 N–H and O–H groups in total. The van der Waals surface area contributed by atoms with Gasteiger partial charge in [-0.3, -0.25) is 0 Å². The molecule has 0 radical (unpaired) electrons. The molecule has 0 saturated carbocycles. The van der Waals surface area contributed by atoms with Gasteiger partial charge in [0.1, 0.15) is 5.76 Å². The van der Waals surface area contributed by atoms with E-state index in [4.69, 9.17) is 4.74 Å². The molecule has 22 heavy (non-hydrogen) atoms. The highest BCUT2D eigenvalue weighted by atomic mass is 16.5. The summed E-state index contributed by atoms with van der Waals surface area (Å²) in [6.45, 7) is 10.9. The largest absolute Gasteiger partial charge is 0.490 e. The van der Waals surface area contributed by atoms with Gasteiger partial charge in [0.15, 0.2) is 0 Å². The molecule has 1 atom stereocenters. The molecule has 0 aromatic heterocycles. The Bertz CT molecular complexity index is 475. The molecule has 122 valence electrons. The van der Waals surface area contributed by atoms with E-state index in [2.05, 4.69) is 57.3 Å². The zero-order valence-corrected chi connectivity index (χ0v) is 14.6. The van der Waals surface area contributed by atoms with Crippen molar-refractivity contribution in [2.24, 2.45) is 0 Å². The second-order valence-electron chi connectivity index (χ2n) is 6.55. The minimum atomic E-state index is 0.312. The van der Waals surface area contributed by atoms with Crippen molar-refractivity contribution < 1.29 is 4.74 Å². The summed E-state index contributed by atoms with van der Waals surface area (Å²) < 4.78 is 6.25. The second-order valence-corrected chi connectivity index (χ2v) is 6.55. The predicted molar refractivity (Wildman–Crippen MR) is 95.0 cm³/mol. The van der Waals surface area contributed by atoms with E-state index in [-0.39, 0.29) is 0 Å². The highest BCUT2D eigenvalue weighted by Gasteiger charge is 2.16. The summed E-state index contributed by atoms with van der Waals surface area (Å²) in [7, 11) is 0. The van der Waals surface area contributed by atoms with Crippen LogP contribution < -0.4 is 5.32 Å². The van der Waals surface area contributed by atoms with Crippen LogP contribution in [0.15, 0.2) is 29.8 Å². The van der Waals surface area contributed by atoms with Crippen molar-refractivity contribution in [3.05, 3.63) is 41.0 Å². The standard InChI is InChI=1S/C20H31NO/c1-5-19(6-2)22-20(15(3)4)17-11-9-16(10-12-17)18-8-7-13-21-14-18/h9-12,18-19,21H,5-8,13-14H2,1-4H3. The van der Waals surface area contributed by atoms with E-state index in [0.29, 0.717) is 12.0 Å². The average molecular weight is 301 g/mol. The van der Waals surface area contributed by atoms with Crippen molar-refractivity contribution in [2.75, 3.05) is 13.1 Å². The summed E-state index contributed by atoms with van der Waals surface area (Å²) in [5, 5.41) is 3.50. The molecule has 2 rings (SSSR count). The minimum absolute atomic E-state index is 0.312. The Morgan fingerprint density at radius 1 is 1.18 bits per heavy atom. The Labute approximate surface area is 136 Å². The normalized spacial score (nSPS) is 18.3. The molecule has 1 aromatic rings. The maximum atomic E-state index is 6.25. The van der Waals surface area contributed by atoms with Crippen LogP contribution in [0.3, 0.4) is 0 Å². The van der Waals surface area contributed by atoms with Gasteiger partial charge >= 0.3 is 0 Å². The molecule has 1 saturated heterocycles. The van der Waals surface area contributed by atoms with Gasteiger partial charge in [0.25, 0.3) is 0 Å². The maximum Gasteiger partial charge on any atom is 0.125 e. The number of allylic oxidation sites excluding steroid dienone is 1. The quantitative estimate of drug-likeness (QED) is 0.737. The van der Waals surface area contributed by atoms with Crippen LogP contribution in [0, 0.1) is 0 Å². The fourth-order valence-electron chi connectivity index (χ4n) is 3.14. The van der Waals surface area contributed by atoms with Gasteiger partial charge in [-0.2, -0.15) is 0 Å². The number of hydrogen-bond acceptors (Lipinski definition) is 2. The van der Waals surface area contributed by atoms with Gasteiger partial charge in [-0.25, -0.2) is 0 Å². The number of piperidine rings is 1. The Balaban J connectivity index is 2.14. The Kier molecular flexibility index (Phi) is 6.50. The molecule has 0 spiro atoms. The molecule has 2 nitrogen and oxygen atoms in total. The molecule has 1 aliphatic rings. The molecular weight excluding hydrogens is 270 g/mol. The van der Waals surface area contributed by atoms with Crippen molar-refractivity contribution in [1.29, 1.82) is 0 Å². The molecule has 0 amide bonds. The van der Waals surface area contributed by atoms with Crippen molar-refractivity contribution in [3.8, 4) is 0 Å². The lowest BCUT2D eigenvalue weighted by atomic mass is 9.91. The zero-order valence-electron chi connectivity index (χ0n) is 14.6. The predicted octanol–water partition coefficient (Wildman–Crippen LogP) is 5.11. The van der Waals surface area contributed by atoms with Crippen LogP contribution in [0.25, 0.3) is 5.76 Å². The molecule has 0 bridgehead atoms. The van der Waals surface area contributed by atoms with Crippen LogP contribution in [0.2, 0.25) is 0 Å². The van der Waals surface area contributed by atoms with E-state index in [9.17, 15) is 0 Å². The first kappa shape index (κ1) is 17.1. The summed E-state index contributed by atoms with van der Waals surface area (Å²) in [6.07, 6.45) is 5.00. The average Bonchev–Trinajstić information content (AvgIpc) is 2.57. The van der Waals surface area contributed by atoms with Gasteiger partial charge in [-0.1, -0.05) is 38.1 Å². The van der Waals surface area contributed by atoms with Crippen LogP contribution >= 0.6 is 0 Å². The van der Waals surface area contributed by atoms with Crippen molar-refractivity contribution >= 4 is 5.76 Å². The fourth-order valence-corrected chi connectivity index (χ4v) is 3.14. The van der Waals surface area contributed by atoms with Gasteiger partial charge < -0.3 is 10.1 Å². The van der Waals surface area contributed by atoms with E-state index in [1.54, 1.807) is 0 Å². The maximum absolute atomic E-state index is 6.25. The zero-order chi connectivity index (χ0) is 15.9. The third-order valence-corrected chi connectivity index (χ3v) is 4.59. The lowest BCUT2D eigenvalue weighted by molar-refractivity contribution is 0.157. The van der Waals surface area contributed by atoms with Gasteiger partial charge in [-0.05, 0) is 63.1 Å². The molecule has 1 fully saturated rings. The molecule has 0 aliphatic carbocycles. The number of rotatable bonds is 6. The van der Waals surface area contributed by atoms with E-state index < -0.39 is 0 Å². The summed E-state index contributed by atoms with van der Waals surface area (Å²) >= 11 is 0. The van der Waals surface area contributed by atoms with Gasteiger partial charge in [0.2, 0.25) is 0 Å². The lowest BCUT2D eigenvalue weighted by Crippen LogP contribution is -2.28. The minimum Gasteiger partial charge on any atom is -0.490 e. The Morgan fingerprint density at radius 2 is 1.86 bits per heavy atom. The van der Waals surface area contributed by atoms with Crippen molar-refractivity contribution in [1.82, 2.24) is 5.32 Å². The molecular formula is C20H31NO. The van der Waals surface area contributed by atoms with Gasteiger partial charge in [0, 0.05) is 12.1 Å². The lowest BCUT2D eigenvalue weighted by Gasteiger charge is -2.24. The van der Waals surface area contributed by atoms with Crippen LogP contribution in [-0.2, 0) is 4.74 Å². The van der Waals surface area contributed by atoms with Gasteiger partial charge in [0.05, 0.1) is 6.10 Å². The van der Waals surface area contributed by atoms with E-state index >= 15 is 0 Å². The highest BCUT2D eigenvalue weighted by molar-refractivity contribution is 5.62. The summed E-state index contributed by atoms with van der Waals surface area (Å²) in [4.78, 5) is 0. The van der Waals surface area contributed by atoms with Crippen molar-refractivity contribution in [2.45, 2.75) is 65.4 Å². The number of ether oxygens (including phenoxy) is 1. The molecule has 2 heteroatoms. The number of nitrogens with one attached hydrogen (secondary N) is 1. The third-order valence-electron chi connectivity index (χ3n) is 4.59. The van der Waals surface area contributed by atoms with Crippen LogP contribution in [0.1, 0.15) is 70.4 Å². The molecule has 1 unspecified atom stereocenters. The van der Waals surface area contributed by atoms with E-state index in [0.717, 1.165) is 25.1 Å². The molecule has 1 heterocycles. The Morgan fingerprint density at radius 3 is 2.36 bits per heavy atom. The SMILES string of the molecule is CCC(CC)OC(=C(C)C)c1ccc(C2CCCNC2)cc1. The first-order valence-corrected chi connectivity index (χ1v) is 8.80. The topological polar surface area (TPSA) is 21.3 Å². The smallest absolute Gasteiger partial charge is 0.125 e. The summed E-state index contributed by atoms with van der Waals surface area (Å²) in [5.41, 5.74) is 3.91. The van der Waals surface area contributed by atoms with Crippen LogP contribution in [0.5, 0.6) is 0 Å². The first-order chi connectivity index (χ1) is 10.7. The molecule has 1 aliphatic heterocycles. The fraction of sp³-hybridized carbons (Fsp3) is 0.600. The number of hydrogen-bond donors (Lipinski definition) is 1. The molecule has 1 aromatic carbocycles. The van der Waals surface area contributed by atoms with Gasteiger partial charge in [-0.15, -0.1) is 0 Å². The monoisotopic (exact) mass is 301 g/mol. The first-order valence-electron chi connectivity index (χ1n) is 8.80. The summed E-state index contributed by atoms with van der Waals surface area (Å²) in [5.74, 6) is 1.72. The third kappa shape index (κ3) is 4.36. The van der Waals surface area contributed by atoms with Crippen molar-refractivity contribution in [3.63, 3.8) is 0 Å². The Hall–Kier alpha value is -1.28. The number of benzene rings is 1. The second kappa shape index (κ2) is 8.38. The van der Waals surface area contributed by atoms with Crippen LogP contribution in [-0.4, -0.2) is 19.2 Å². The van der Waals surface area contributed by atoms with Crippen LogP contribution in [0.4, 0.5) is 0 Å². The van der Waals surface area contributed by atoms with E-state index in [1.807, 2.05) is 0 Å². The van der Waals surface area contributed by atoms with E-state index in [1.165, 1.54) is 36.1 Å². The highest BCUT2D eigenvalue weighted by Crippen LogP contribution is 2.28.